The van der Waals surface area contributed by atoms with Crippen LogP contribution in [0.4, 0.5) is 11.4 Å². The molecule has 21 heavy (non-hydrogen) atoms. The molecule has 1 rings (SSSR count). The third-order valence-corrected chi connectivity index (χ3v) is 2.95. The fourth-order valence-corrected chi connectivity index (χ4v) is 1.66. The molecular formula is C14H20N2O5. The van der Waals surface area contributed by atoms with Crippen LogP contribution in [0.2, 0.25) is 0 Å². The Labute approximate surface area is 123 Å². The lowest BCUT2D eigenvalue weighted by Crippen LogP contribution is -2.14. The molecule has 1 aromatic carbocycles. The highest BCUT2D eigenvalue weighted by Crippen LogP contribution is 2.30. The molecule has 0 spiro atoms. The van der Waals surface area contributed by atoms with Gasteiger partial charge in [0.05, 0.1) is 17.4 Å². The Morgan fingerprint density at radius 2 is 2.24 bits per heavy atom. The van der Waals surface area contributed by atoms with Crippen molar-refractivity contribution in [2.24, 2.45) is 5.92 Å². The van der Waals surface area contributed by atoms with Gasteiger partial charge in [-0.3, -0.25) is 14.9 Å². The summed E-state index contributed by atoms with van der Waals surface area (Å²) in [4.78, 5) is 21.1. The zero-order valence-electron chi connectivity index (χ0n) is 12.2. The van der Waals surface area contributed by atoms with Crippen LogP contribution in [0.25, 0.3) is 0 Å². The second kappa shape index (κ2) is 8.08. The molecule has 0 aliphatic carbocycles. The number of carboxylic acid groups (broad SMARTS) is 1. The number of carboxylic acids is 1. The third-order valence-electron chi connectivity index (χ3n) is 2.95. The van der Waals surface area contributed by atoms with Gasteiger partial charge in [0, 0.05) is 24.4 Å². The van der Waals surface area contributed by atoms with Gasteiger partial charge in [-0.05, 0) is 18.9 Å². The summed E-state index contributed by atoms with van der Waals surface area (Å²) in [5.41, 5.74) is 0.595. The Kier molecular flexibility index (Phi) is 6.45. The van der Waals surface area contributed by atoms with Crippen molar-refractivity contribution in [3.05, 3.63) is 28.3 Å². The minimum absolute atomic E-state index is 0.0760. The summed E-state index contributed by atoms with van der Waals surface area (Å²) in [5.74, 6) is -1.06. The molecule has 0 heterocycles. The van der Waals surface area contributed by atoms with Crippen LogP contribution in [0.15, 0.2) is 18.2 Å². The van der Waals surface area contributed by atoms with Crippen molar-refractivity contribution in [2.75, 3.05) is 18.5 Å². The van der Waals surface area contributed by atoms with E-state index in [1.807, 2.05) is 6.92 Å². The first kappa shape index (κ1) is 16.7. The summed E-state index contributed by atoms with van der Waals surface area (Å²) in [7, 11) is 0. The maximum Gasteiger partial charge on any atom is 0.311 e. The number of benzene rings is 1. The quantitative estimate of drug-likeness (QED) is 0.536. The first-order valence-corrected chi connectivity index (χ1v) is 6.83. The van der Waals surface area contributed by atoms with Gasteiger partial charge in [0.15, 0.2) is 5.75 Å². The highest BCUT2D eigenvalue weighted by molar-refractivity contribution is 5.69. The van der Waals surface area contributed by atoms with Gasteiger partial charge < -0.3 is 15.2 Å². The Bertz CT molecular complexity index is 504. The molecule has 7 nitrogen and oxygen atoms in total. The lowest BCUT2D eigenvalue weighted by molar-refractivity contribution is -0.385. The first-order valence-electron chi connectivity index (χ1n) is 6.83. The molecule has 7 heteroatoms. The van der Waals surface area contributed by atoms with Crippen molar-refractivity contribution in [3.8, 4) is 5.75 Å². The van der Waals surface area contributed by atoms with Crippen LogP contribution in [0.5, 0.6) is 5.75 Å². The maximum atomic E-state index is 10.9. The van der Waals surface area contributed by atoms with E-state index in [9.17, 15) is 14.9 Å². The molecule has 2 N–H and O–H groups in total. The normalized spacial score (nSPS) is 11.7. The molecule has 0 saturated carbocycles. The molecule has 1 aromatic rings. The van der Waals surface area contributed by atoms with Crippen LogP contribution in [0.3, 0.4) is 0 Å². The van der Waals surface area contributed by atoms with Crippen LogP contribution in [0.1, 0.15) is 26.7 Å². The molecule has 1 unspecified atom stereocenters. The highest BCUT2D eigenvalue weighted by Gasteiger charge is 2.16. The molecule has 0 aliphatic heterocycles. The number of nitrogens with zero attached hydrogens (tertiary/aromatic N) is 1. The number of nitrogens with one attached hydrogen (secondary N) is 1. The Morgan fingerprint density at radius 3 is 2.81 bits per heavy atom. The van der Waals surface area contributed by atoms with E-state index < -0.39 is 16.8 Å². The molecule has 1 atom stereocenters. The van der Waals surface area contributed by atoms with Crippen LogP contribution in [-0.4, -0.2) is 29.2 Å². The van der Waals surface area contributed by atoms with E-state index in [0.29, 0.717) is 25.3 Å². The van der Waals surface area contributed by atoms with E-state index in [1.165, 1.54) is 6.07 Å². The predicted molar refractivity (Wildman–Crippen MR) is 78.8 cm³/mol. The monoisotopic (exact) mass is 296 g/mol. The van der Waals surface area contributed by atoms with Crippen molar-refractivity contribution < 1.29 is 19.6 Å². The van der Waals surface area contributed by atoms with Gasteiger partial charge in [0.25, 0.3) is 0 Å². The number of hydrogen-bond acceptors (Lipinski definition) is 5. The molecule has 0 bridgehead atoms. The van der Waals surface area contributed by atoms with E-state index in [4.69, 9.17) is 9.84 Å². The minimum Gasteiger partial charge on any atom is -0.487 e. The lowest BCUT2D eigenvalue weighted by atomic mass is 10.1. The summed E-state index contributed by atoms with van der Waals surface area (Å²) in [6.07, 6.45) is 1.22. The number of anilines is 1. The van der Waals surface area contributed by atoms with Gasteiger partial charge >= 0.3 is 11.7 Å². The van der Waals surface area contributed by atoms with Crippen molar-refractivity contribution >= 4 is 17.3 Å². The van der Waals surface area contributed by atoms with Crippen molar-refractivity contribution in [3.63, 3.8) is 0 Å². The molecule has 0 radical (unpaired) electrons. The number of rotatable bonds is 9. The second-order valence-corrected chi connectivity index (χ2v) is 4.74. The fraction of sp³-hybridized carbons (Fsp3) is 0.500. The molecule has 0 aromatic heterocycles. The third kappa shape index (κ3) is 5.29. The zero-order chi connectivity index (χ0) is 15.8. The summed E-state index contributed by atoms with van der Waals surface area (Å²) >= 11 is 0. The van der Waals surface area contributed by atoms with Gasteiger partial charge in [-0.2, -0.15) is 0 Å². The second-order valence-electron chi connectivity index (χ2n) is 4.74. The first-order chi connectivity index (χ1) is 9.95. The van der Waals surface area contributed by atoms with E-state index >= 15 is 0 Å². The van der Waals surface area contributed by atoms with Crippen LogP contribution in [0, 0.1) is 16.0 Å². The Hall–Kier alpha value is -2.31. The Morgan fingerprint density at radius 1 is 1.52 bits per heavy atom. The van der Waals surface area contributed by atoms with E-state index in [2.05, 4.69) is 5.32 Å². The molecule has 0 saturated heterocycles. The predicted octanol–water partition coefficient (Wildman–Crippen LogP) is 2.91. The topological polar surface area (TPSA) is 102 Å². The van der Waals surface area contributed by atoms with Gasteiger partial charge in [-0.15, -0.1) is 0 Å². The summed E-state index contributed by atoms with van der Waals surface area (Å²) < 4.78 is 5.38. The minimum atomic E-state index is -0.840. The summed E-state index contributed by atoms with van der Waals surface area (Å²) in [6, 6.07) is 4.54. The Balaban J connectivity index is 2.71. The standard InChI is InChI=1S/C14H20N2O5/c1-3-8-21-13-9-11(4-5-12(13)16(19)20)15-7-6-10(2)14(17)18/h4-5,9-10,15H,3,6-8H2,1-2H3,(H,17,18). The van der Waals surface area contributed by atoms with Gasteiger partial charge in [-0.1, -0.05) is 13.8 Å². The summed E-state index contributed by atoms with van der Waals surface area (Å²) in [5, 5.41) is 22.8. The zero-order valence-corrected chi connectivity index (χ0v) is 12.2. The lowest BCUT2D eigenvalue weighted by Gasteiger charge is -2.11. The van der Waals surface area contributed by atoms with E-state index in [1.54, 1.807) is 19.1 Å². The van der Waals surface area contributed by atoms with Crippen LogP contribution >= 0.6 is 0 Å². The van der Waals surface area contributed by atoms with Crippen LogP contribution in [-0.2, 0) is 4.79 Å². The average molecular weight is 296 g/mol. The SMILES string of the molecule is CCCOc1cc(NCCC(C)C(=O)O)ccc1[N+](=O)[O-]. The van der Waals surface area contributed by atoms with E-state index in [-0.39, 0.29) is 11.4 Å². The smallest absolute Gasteiger partial charge is 0.311 e. The number of carbonyl (C=O) groups is 1. The van der Waals surface area contributed by atoms with E-state index in [0.717, 1.165) is 6.42 Å². The fourth-order valence-electron chi connectivity index (χ4n) is 1.66. The van der Waals surface area contributed by atoms with Gasteiger partial charge in [0.2, 0.25) is 0 Å². The largest absolute Gasteiger partial charge is 0.487 e. The molecule has 0 fully saturated rings. The number of nitro groups is 1. The number of nitro benzene ring substituents is 1. The van der Waals surface area contributed by atoms with Gasteiger partial charge in [-0.25, -0.2) is 0 Å². The molecule has 0 aliphatic rings. The van der Waals surface area contributed by atoms with Crippen molar-refractivity contribution in [2.45, 2.75) is 26.7 Å². The van der Waals surface area contributed by atoms with Crippen molar-refractivity contribution in [1.82, 2.24) is 0 Å². The number of aliphatic carboxylic acids is 1. The molecular weight excluding hydrogens is 276 g/mol. The molecule has 116 valence electrons. The summed E-state index contributed by atoms with van der Waals surface area (Å²) in [6.45, 7) is 4.43. The van der Waals surface area contributed by atoms with Gasteiger partial charge in [0.1, 0.15) is 0 Å². The highest BCUT2D eigenvalue weighted by atomic mass is 16.6. The number of ether oxygens (including phenoxy) is 1. The van der Waals surface area contributed by atoms with Crippen LogP contribution < -0.4 is 10.1 Å². The van der Waals surface area contributed by atoms with Crippen molar-refractivity contribution in [1.29, 1.82) is 0 Å². The molecule has 0 amide bonds. The average Bonchev–Trinajstić information content (AvgIpc) is 2.44. The number of hydrogen-bond donors (Lipinski definition) is 2. The maximum absolute atomic E-state index is 10.9.